The van der Waals surface area contributed by atoms with Crippen molar-refractivity contribution in [2.75, 3.05) is 39.9 Å². The standard InChI is InChI=1S/C24H32N2O4/c1-5-29-22-14-20(13-21(23(22)28-4)19-9-7-6-8-10-19)24(27)25-11-12-26-15-17(2)30-18(3)16-26/h6-10,13-14,17-18H,5,11-12,15-16H2,1-4H3,(H,25,27)/t17-,18+. The number of nitrogens with zero attached hydrogens (tertiary/aromatic N) is 1. The smallest absolute Gasteiger partial charge is 0.251 e. The summed E-state index contributed by atoms with van der Waals surface area (Å²) in [6, 6.07) is 13.5. The number of carbonyl (C=O) groups is 1. The minimum Gasteiger partial charge on any atom is -0.492 e. The van der Waals surface area contributed by atoms with Crippen LogP contribution in [0.15, 0.2) is 42.5 Å². The van der Waals surface area contributed by atoms with Crippen molar-refractivity contribution in [1.82, 2.24) is 10.2 Å². The number of amides is 1. The van der Waals surface area contributed by atoms with Crippen LogP contribution in [-0.2, 0) is 4.74 Å². The second-order valence-corrected chi connectivity index (χ2v) is 7.63. The van der Waals surface area contributed by atoms with E-state index in [2.05, 4.69) is 24.1 Å². The van der Waals surface area contributed by atoms with Crippen molar-refractivity contribution >= 4 is 5.91 Å². The average molecular weight is 413 g/mol. The molecule has 0 radical (unpaired) electrons. The molecular formula is C24H32N2O4. The Morgan fingerprint density at radius 1 is 1.17 bits per heavy atom. The third-order valence-corrected chi connectivity index (χ3v) is 5.11. The maximum atomic E-state index is 12.9. The van der Waals surface area contributed by atoms with Crippen LogP contribution in [0.2, 0.25) is 0 Å². The Balaban J connectivity index is 1.75. The molecule has 1 heterocycles. The summed E-state index contributed by atoms with van der Waals surface area (Å²) in [5, 5.41) is 3.04. The summed E-state index contributed by atoms with van der Waals surface area (Å²) in [7, 11) is 1.62. The number of ether oxygens (including phenoxy) is 3. The molecule has 1 amide bonds. The molecule has 1 aliphatic rings. The number of methoxy groups -OCH3 is 1. The Kier molecular flexibility index (Phi) is 7.71. The Bertz CT molecular complexity index is 831. The summed E-state index contributed by atoms with van der Waals surface area (Å²) >= 11 is 0. The van der Waals surface area contributed by atoms with Crippen LogP contribution in [0.4, 0.5) is 0 Å². The summed E-state index contributed by atoms with van der Waals surface area (Å²) in [5.41, 5.74) is 2.37. The molecule has 6 nitrogen and oxygen atoms in total. The van der Waals surface area contributed by atoms with Crippen molar-refractivity contribution in [1.29, 1.82) is 0 Å². The summed E-state index contributed by atoms with van der Waals surface area (Å²) < 4.78 is 17.2. The number of carbonyl (C=O) groups excluding carboxylic acids is 1. The van der Waals surface area contributed by atoms with E-state index < -0.39 is 0 Å². The van der Waals surface area contributed by atoms with Gasteiger partial charge in [0.15, 0.2) is 11.5 Å². The Hall–Kier alpha value is -2.57. The van der Waals surface area contributed by atoms with Crippen molar-refractivity contribution in [3.05, 3.63) is 48.0 Å². The van der Waals surface area contributed by atoms with Gasteiger partial charge in [0.2, 0.25) is 0 Å². The second-order valence-electron chi connectivity index (χ2n) is 7.63. The van der Waals surface area contributed by atoms with Crippen molar-refractivity contribution in [2.24, 2.45) is 0 Å². The average Bonchev–Trinajstić information content (AvgIpc) is 2.73. The Labute approximate surface area is 179 Å². The van der Waals surface area contributed by atoms with E-state index in [0.29, 0.717) is 30.2 Å². The number of hydrogen-bond acceptors (Lipinski definition) is 5. The van der Waals surface area contributed by atoms with Crippen LogP contribution in [-0.4, -0.2) is 62.9 Å². The lowest BCUT2D eigenvalue weighted by atomic mass is 10.0. The number of rotatable bonds is 8. The number of nitrogens with one attached hydrogen (secondary N) is 1. The number of morpholine rings is 1. The van der Waals surface area contributed by atoms with Crippen molar-refractivity contribution < 1.29 is 19.0 Å². The van der Waals surface area contributed by atoms with Gasteiger partial charge in [-0.3, -0.25) is 9.69 Å². The van der Waals surface area contributed by atoms with Gasteiger partial charge < -0.3 is 19.5 Å². The number of hydrogen-bond donors (Lipinski definition) is 1. The maximum Gasteiger partial charge on any atom is 0.251 e. The predicted octanol–water partition coefficient (Wildman–Crippen LogP) is 3.60. The molecular weight excluding hydrogens is 380 g/mol. The highest BCUT2D eigenvalue weighted by Crippen LogP contribution is 2.39. The topological polar surface area (TPSA) is 60.0 Å². The molecule has 30 heavy (non-hydrogen) atoms. The van der Waals surface area contributed by atoms with Crippen LogP contribution < -0.4 is 14.8 Å². The van der Waals surface area contributed by atoms with E-state index in [9.17, 15) is 4.79 Å². The zero-order valence-electron chi connectivity index (χ0n) is 18.3. The van der Waals surface area contributed by atoms with Crippen LogP contribution >= 0.6 is 0 Å². The molecule has 1 N–H and O–H groups in total. The van der Waals surface area contributed by atoms with Crippen LogP contribution in [0.5, 0.6) is 11.5 Å². The van der Waals surface area contributed by atoms with Gasteiger partial charge in [-0.1, -0.05) is 30.3 Å². The molecule has 0 unspecified atom stereocenters. The van der Waals surface area contributed by atoms with Gasteiger partial charge >= 0.3 is 0 Å². The fraction of sp³-hybridized carbons (Fsp3) is 0.458. The first-order valence-electron chi connectivity index (χ1n) is 10.6. The zero-order valence-corrected chi connectivity index (χ0v) is 18.3. The van der Waals surface area contributed by atoms with E-state index in [1.807, 2.05) is 43.3 Å². The molecule has 6 heteroatoms. The van der Waals surface area contributed by atoms with Crippen molar-refractivity contribution in [3.63, 3.8) is 0 Å². The van der Waals surface area contributed by atoms with Gasteiger partial charge in [0.25, 0.3) is 5.91 Å². The zero-order chi connectivity index (χ0) is 21.5. The van der Waals surface area contributed by atoms with E-state index in [-0.39, 0.29) is 18.1 Å². The van der Waals surface area contributed by atoms with E-state index in [4.69, 9.17) is 14.2 Å². The van der Waals surface area contributed by atoms with Crippen LogP contribution in [0.25, 0.3) is 11.1 Å². The minimum absolute atomic E-state index is 0.120. The lowest BCUT2D eigenvalue weighted by molar-refractivity contribution is -0.0672. The lowest BCUT2D eigenvalue weighted by Gasteiger charge is -2.35. The highest BCUT2D eigenvalue weighted by molar-refractivity contribution is 5.97. The Morgan fingerprint density at radius 2 is 1.87 bits per heavy atom. The third kappa shape index (κ3) is 5.52. The highest BCUT2D eigenvalue weighted by Gasteiger charge is 2.22. The minimum atomic E-state index is -0.120. The van der Waals surface area contributed by atoms with Gasteiger partial charge in [-0.2, -0.15) is 0 Å². The maximum absolute atomic E-state index is 12.9. The molecule has 162 valence electrons. The first kappa shape index (κ1) is 22.1. The quantitative estimate of drug-likeness (QED) is 0.718. The largest absolute Gasteiger partial charge is 0.492 e. The molecule has 2 aromatic rings. The molecule has 1 fully saturated rings. The molecule has 1 saturated heterocycles. The molecule has 0 saturated carbocycles. The predicted molar refractivity (Wildman–Crippen MR) is 118 cm³/mol. The molecule has 2 atom stereocenters. The van der Waals surface area contributed by atoms with Crippen molar-refractivity contribution in [2.45, 2.75) is 33.0 Å². The Morgan fingerprint density at radius 3 is 2.50 bits per heavy atom. The van der Waals surface area contributed by atoms with Crippen LogP contribution in [0.3, 0.4) is 0 Å². The van der Waals surface area contributed by atoms with Crippen molar-refractivity contribution in [3.8, 4) is 22.6 Å². The SMILES string of the molecule is CCOc1cc(C(=O)NCCN2C[C@@H](C)O[C@@H](C)C2)cc(-c2ccccc2)c1OC. The van der Waals surface area contributed by atoms with Gasteiger partial charge in [0, 0.05) is 37.3 Å². The summed E-state index contributed by atoms with van der Waals surface area (Å²) in [6.45, 7) is 9.71. The van der Waals surface area contributed by atoms with Crippen LogP contribution in [0.1, 0.15) is 31.1 Å². The molecule has 0 aromatic heterocycles. The first-order chi connectivity index (χ1) is 14.5. The van der Waals surface area contributed by atoms with Crippen LogP contribution in [0, 0.1) is 0 Å². The number of benzene rings is 2. The summed E-state index contributed by atoms with van der Waals surface area (Å²) in [4.78, 5) is 15.2. The molecule has 1 aliphatic heterocycles. The van der Waals surface area contributed by atoms with Gasteiger partial charge in [-0.05, 0) is 38.5 Å². The molecule has 3 rings (SSSR count). The third-order valence-electron chi connectivity index (χ3n) is 5.11. The van der Waals surface area contributed by atoms with E-state index in [1.54, 1.807) is 13.2 Å². The van der Waals surface area contributed by atoms with E-state index in [0.717, 1.165) is 30.8 Å². The monoisotopic (exact) mass is 412 g/mol. The van der Waals surface area contributed by atoms with Gasteiger partial charge in [-0.25, -0.2) is 0 Å². The lowest BCUT2D eigenvalue weighted by Crippen LogP contribution is -2.47. The molecule has 0 bridgehead atoms. The molecule has 0 aliphatic carbocycles. The van der Waals surface area contributed by atoms with Gasteiger partial charge in [-0.15, -0.1) is 0 Å². The molecule has 0 spiro atoms. The molecule has 2 aromatic carbocycles. The fourth-order valence-corrected chi connectivity index (χ4v) is 3.94. The first-order valence-corrected chi connectivity index (χ1v) is 10.6. The van der Waals surface area contributed by atoms with E-state index >= 15 is 0 Å². The highest BCUT2D eigenvalue weighted by atomic mass is 16.5. The summed E-state index contributed by atoms with van der Waals surface area (Å²) in [6.07, 6.45) is 0.432. The second kappa shape index (κ2) is 10.5. The van der Waals surface area contributed by atoms with Gasteiger partial charge in [0.05, 0.1) is 25.9 Å². The fourth-order valence-electron chi connectivity index (χ4n) is 3.94. The normalized spacial score (nSPS) is 19.3. The van der Waals surface area contributed by atoms with E-state index in [1.165, 1.54) is 0 Å². The van der Waals surface area contributed by atoms with Gasteiger partial charge in [0.1, 0.15) is 0 Å². The summed E-state index contributed by atoms with van der Waals surface area (Å²) in [5.74, 6) is 1.09.